The van der Waals surface area contributed by atoms with Crippen LogP contribution in [-0.4, -0.2) is 14.1 Å². The van der Waals surface area contributed by atoms with Gasteiger partial charge in [0.1, 0.15) is 0 Å². The number of fused-ring (bicyclic) bond motifs is 7. The molecule has 0 aliphatic heterocycles. The zero-order valence-electron chi connectivity index (χ0n) is 26.1. The first kappa shape index (κ1) is 26.7. The van der Waals surface area contributed by atoms with Gasteiger partial charge in [-0.15, -0.1) is 0 Å². The SMILES string of the molecule is c1ccc(-n2c3ccccc3c3cc(-c4ccc5c(c4)c4ccccc4n5-c4ccc(-c5ccc6cccnc6c5)cc4)ccc32)cc1. The maximum absolute atomic E-state index is 4.56. The lowest BCUT2D eigenvalue weighted by Crippen LogP contribution is -1.94. The molecular formula is C45H29N3. The van der Waals surface area contributed by atoms with Crippen LogP contribution in [0.5, 0.6) is 0 Å². The molecular weight excluding hydrogens is 583 g/mol. The van der Waals surface area contributed by atoms with Crippen LogP contribution >= 0.6 is 0 Å². The van der Waals surface area contributed by atoms with Crippen LogP contribution in [0.1, 0.15) is 0 Å². The van der Waals surface area contributed by atoms with E-state index in [1.165, 1.54) is 71.6 Å². The Balaban J connectivity index is 1.09. The molecule has 0 atom stereocenters. The molecule has 0 saturated heterocycles. The molecule has 0 amide bonds. The Bertz CT molecular complexity index is 2820. The van der Waals surface area contributed by atoms with Crippen molar-refractivity contribution in [2.75, 3.05) is 0 Å². The monoisotopic (exact) mass is 611 g/mol. The largest absolute Gasteiger partial charge is 0.309 e. The molecule has 10 rings (SSSR count). The highest BCUT2D eigenvalue weighted by Gasteiger charge is 2.16. The van der Waals surface area contributed by atoms with Crippen LogP contribution in [0.25, 0.3) is 88.1 Å². The van der Waals surface area contributed by atoms with Crippen molar-refractivity contribution >= 4 is 54.5 Å². The average Bonchev–Trinajstić information content (AvgIpc) is 3.67. The summed E-state index contributed by atoms with van der Waals surface area (Å²) in [6.07, 6.45) is 1.85. The van der Waals surface area contributed by atoms with Gasteiger partial charge in [0.2, 0.25) is 0 Å². The second-order valence-electron chi connectivity index (χ2n) is 12.5. The highest BCUT2D eigenvalue weighted by molar-refractivity contribution is 6.12. The van der Waals surface area contributed by atoms with Gasteiger partial charge in [-0.25, -0.2) is 0 Å². The van der Waals surface area contributed by atoms with Crippen molar-refractivity contribution in [2.24, 2.45) is 0 Å². The van der Waals surface area contributed by atoms with Crippen LogP contribution in [-0.2, 0) is 0 Å². The van der Waals surface area contributed by atoms with Crippen LogP contribution in [0.15, 0.2) is 176 Å². The van der Waals surface area contributed by atoms with E-state index in [0.29, 0.717) is 0 Å². The number of hydrogen-bond donors (Lipinski definition) is 0. The quantitative estimate of drug-likeness (QED) is 0.194. The van der Waals surface area contributed by atoms with Gasteiger partial charge in [0.15, 0.2) is 0 Å². The summed E-state index contributed by atoms with van der Waals surface area (Å²) < 4.78 is 4.75. The first-order chi connectivity index (χ1) is 23.8. The van der Waals surface area contributed by atoms with E-state index in [-0.39, 0.29) is 0 Å². The molecule has 0 N–H and O–H groups in total. The smallest absolute Gasteiger partial charge is 0.0708 e. The molecule has 0 spiro atoms. The van der Waals surface area contributed by atoms with Crippen molar-refractivity contribution in [3.05, 3.63) is 176 Å². The van der Waals surface area contributed by atoms with Crippen LogP contribution in [0, 0.1) is 0 Å². The standard InChI is InChI=1S/C45H29N3/c1-2-10-35(11-3-1)47-42-14-6-4-12-37(42)39-27-32(20-24-44(39)47)33-21-25-45-40(28-33)38-13-5-7-15-43(38)48(45)36-22-18-30(19-23-36)34-17-16-31-9-8-26-46-41(31)29-34/h1-29H. The zero-order valence-corrected chi connectivity index (χ0v) is 26.1. The fraction of sp³-hybridized carbons (Fsp3) is 0. The molecule has 7 aromatic carbocycles. The molecule has 224 valence electrons. The summed E-state index contributed by atoms with van der Waals surface area (Å²) in [5.74, 6) is 0. The summed E-state index contributed by atoms with van der Waals surface area (Å²) in [5.41, 5.74) is 12.9. The average molecular weight is 612 g/mol. The summed E-state index contributed by atoms with van der Waals surface area (Å²) in [7, 11) is 0. The molecule has 3 heteroatoms. The number of para-hydroxylation sites is 3. The number of hydrogen-bond acceptors (Lipinski definition) is 1. The van der Waals surface area contributed by atoms with Crippen LogP contribution in [0.3, 0.4) is 0 Å². The highest BCUT2D eigenvalue weighted by Crippen LogP contribution is 2.38. The van der Waals surface area contributed by atoms with Crippen molar-refractivity contribution in [1.82, 2.24) is 14.1 Å². The van der Waals surface area contributed by atoms with Gasteiger partial charge in [-0.05, 0) is 95.1 Å². The minimum atomic E-state index is 1.01. The summed E-state index contributed by atoms with van der Waals surface area (Å²) in [6.45, 7) is 0. The highest BCUT2D eigenvalue weighted by atomic mass is 15.0. The molecule has 0 bridgehead atoms. The van der Waals surface area contributed by atoms with Gasteiger partial charge in [-0.2, -0.15) is 0 Å². The van der Waals surface area contributed by atoms with E-state index in [0.717, 1.165) is 16.6 Å². The Morgan fingerprint density at radius 3 is 1.48 bits per heavy atom. The second kappa shape index (κ2) is 10.5. The Morgan fingerprint density at radius 1 is 0.333 bits per heavy atom. The van der Waals surface area contributed by atoms with Gasteiger partial charge in [-0.1, -0.05) is 97.1 Å². The van der Waals surface area contributed by atoms with Crippen molar-refractivity contribution in [1.29, 1.82) is 0 Å². The lowest BCUT2D eigenvalue weighted by molar-refractivity contribution is 1.18. The predicted molar refractivity (Wildman–Crippen MR) is 201 cm³/mol. The van der Waals surface area contributed by atoms with Crippen molar-refractivity contribution in [3.8, 4) is 33.6 Å². The van der Waals surface area contributed by atoms with Gasteiger partial charge >= 0.3 is 0 Å². The number of rotatable bonds is 4. The minimum absolute atomic E-state index is 1.01. The lowest BCUT2D eigenvalue weighted by atomic mass is 10.0. The first-order valence-electron chi connectivity index (χ1n) is 16.4. The van der Waals surface area contributed by atoms with Crippen LogP contribution < -0.4 is 0 Å². The predicted octanol–water partition coefficient (Wildman–Crippen LogP) is 11.8. The lowest BCUT2D eigenvalue weighted by Gasteiger charge is -2.10. The van der Waals surface area contributed by atoms with Crippen LogP contribution in [0.2, 0.25) is 0 Å². The number of nitrogens with zero attached hydrogens (tertiary/aromatic N) is 3. The third-order valence-corrected chi connectivity index (χ3v) is 9.76. The molecule has 48 heavy (non-hydrogen) atoms. The number of benzene rings is 7. The molecule has 0 saturated carbocycles. The van der Waals surface area contributed by atoms with Crippen molar-refractivity contribution < 1.29 is 0 Å². The van der Waals surface area contributed by atoms with E-state index in [9.17, 15) is 0 Å². The summed E-state index contributed by atoms with van der Waals surface area (Å²) >= 11 is 0. The topological polar surface area (TPSA) is 22.8 Å². The maximum atomic E-state index is 4.56. The van der Waals surface area contributed by atoms with E-state index in [4.69, 9.17) is 0 Å². The first-order valence-corrected chi connectivity index (χ1v) is 16.4. The zero-order chi connectivity index (χ0) is 31.6. The van der Waals surface area contributed by atoms with Crippen molar-refractivity contribution in [3.63, 3.8) is 0 Å². The fourth-order valence-corrected chi connectivity index (χ4v) is 7.49. The molecule has 0 unspecified atom stereocenters. The maximum Gasteiger partial charge on any atom is 0.0708 e. The summed E-state index contributed by atoms with van der Waals surface area (Å²) in [6, 6.07) is 61.4. The Kier molecular flexibility index (Phi) is 5.87. The second-order valence-corrected chi connectivity index (χ2v) is 12.5. The van der Waals surface area contributed by atoms with Crippen molar-refractivity contribution in [2.45, 2.75) is 0 Å². The molecule has 0 fully saturated rings. The molecule has 3 heterocycles. The van der Waals surface area contributed by atoms with Gasteiger partial charge < -0.3 is 9.13 Å². The van der Waals surface area contributed by atoms with Gasteiger partial charge in [0.05, 0.1) is 27.6 Å². The van der Waals surface area contributed by atoms with Gasteiger partial charge in [0, 0.05) is 44.5 Å². The third-order valence-electron chi connectivity index (χ3n) is 9.76. The van der Waals surface area contributed by atoms with Gasteiger partial charge in [-0.3, -0.25) is 4.98 Å². The van der Waals surface area contributed by atoms with Crippen LogP contribution in [0.4, 0.5) is 0 Å². The van der Waals surface area contributed by atoms with Gasteiger partial charge in [0.25, 0.3) is 0 Å². The normalized spacial score (nSPS) is 11.8. The fourth-order valence-electron chi connectivity index (χ4n) is 7.49. The Labute approximate surface area is 277 Å². The molecule has 0 radical (unpaired) electrons. The van der Waals surface area contributed by atoms with E-state index >= 15 is 0 Å². The number of pyridine rings is 1. The molecule has 0 aliphatic carbocycles. The molecule has 10 aromatic rings. The van der Waals surface area contributed by atoms with E-state index in [1.54, 1.807) is 0 Å². The van der Waals surface area contributed by atoms with E-state index < -0.39 is 0 Å². The summed E-state index contributed by atoms with van der Waals surface area (Å²) in [4.78, 5) is 4.56. The molecule has 3 aromatic heterocycles. The minimum Gasteiger partial charge on any atom is -0.309 e. The van der Waals surface area contributed by atoms with E-state index in [2.05, 4.69) is 178 Å². The third kappa shape index (κ3) is 4.11. The Morgan fingerprint density at radius 2 is 0.833 bits per heavy atom. The Hall–Kier alpha value is -6.45. The van der Waals surface area contributed by atoms with E-state index in [1.807, 2.05) is 12.3 Å². The molecule has 0 aliphatic rings. The number of aromatic nitrogens is 3. The molecule has 3 nitrogen and oxygen atoms in total. The summed E-state index contributed by atoms with van der Waals surface area (Å²) in [5, 5.41) is 6.18.